The molecule has 0 aliphatic heterocycles. The average molecular weight is 271 g/mol. The SMILES string of the molecule is CCC(C)NC(=O)c1ccc(Br)cc1N. The number of halogens is 1. The Balaban J connectivity index is 2.82. The quantitative estimate of drug-likeness (QED) is 0.830. The van der Waals surface area contributed by atoms with E-state index in [1.807, 2.05) is 19.9 Å². The van der Waals surface area contributed by atoms with Gasteiger partial charge in [0.1, 0.15) is 0 Å². The van der Waals surface area contributed by atoms with E-state index in [-0.39, 0.29) is 11.9 Å². The number of benzene rings is 1. The highest BCUT2D eigenvalue weighted by Gasteiger charge is 2.11. The highest BCUT2D eigenvalue weighted by atomic mass is 79.9. The molecule has 0 aliphatic carbocycles. The molecule has 1 rings (SSSR count). The summed E-state index contributed by atoms with van der Waals surface area (Å²) in [6.07, 6.45) is 0.905. The van der Waals surface area contributed by atoms with Crippen LogP contribution in [0.3, 0.4) is 0 Å². The van der Waals surface area contributed by atoms with Gasteiger partial charge in [0.15, 0.2) is 0 Å². The summed E-state index contributed by atoms with van der Waals surface area (Å²) in [5.74, 6) is -0.116. The summed E-state index contributed by atoms with van der Waals surface area (Å²) >= 11 is 3.30. The Morgan fingerprint density at radius 3 is 2.80 bits per heavy atom. The monoisotopic (exact) mass is 270 g/mol. The maximum atomic E-state index is 11.7. The second-order valence-corrected chi connectivity index (χ2v) is 4.43. The number of rotatable bonds is 3. The Hall–Kier alpha value is -1.03. The summed E-state index contributed by atoms with van der Waals surface area (Å²) in [6, 6.07) is 5.42. The normalized spacial score (nSPS) is 12.2. The molecule has 4 heteroatoms. The number of carbonyl (C=O) groups is 1. The van der Waals surface area contributed by atoms with Crippen LogP contribution in [0.15, 0.2) is 22.7 Å². The first-order chi connectivity index (χ1) is 7.04. The summed E-state index contributed by atoms with van der Waals surface area (Å²) in [5, 5.41) is 2.87. The van der Waals surface area contributed by atoms with Crippen molar-refractivity contribution < 1.29 is 4.79 Å². The lowest BCUT2D eigenvalue weighted by Crippen LogP contribution is -2.32. The van der Waals surface area contributed by atoms with Crippen molar-refractivity contribution in [2.45, 2.75) is 26.3 Å². The molecule has 1 amide bonds. The molecule has 82 valence electrons. The van der Waals surface area contributed by atoms with Crippen LogP contribution in [0.2, 0.25) is 0 Å². The molecule has 0 aliphatic rings. The number of hydrogen-bond acceptors (Lipinski definition) is 2. The van der Waals surface area contributed by atoms with Gasteiger partial charge in [0.25, 0.3) is 5.91 Å². The molecular formula is C11H15BrN2O. The molecule has 0 saturated heterocycles. The van der Waals surface area contributed by atoms with E-state index in [4.69, 9.17) is 5.73 Å². The minimum absolute atomic E-state index is 0.116. The van der Waals surface area contributed by atoms with E-state index in [9.17, 15) is 4.79 Å². The van der Waals surface area contributed by atoms with Gasteiger partial charge in [-0.05, 0) is 31.5 Å². The molecule has 3 nitrogen and oxygen atoms in total. The summed E-state index contributed by atoms with van der Waals surface area (Å²) in [4.78, 5) is 11.7. The first kappa shape index (κ1) is 12.0. The summed E-state index contributed by atoms with van der Waals surface area (Å²) in [5.41, 5.74) is 6.77. The van der Waals surface area contributed by atoms with Crippen LogP contribution in [-0.4, -0.2) is 11.9 Å². The van der Waals surface area contributed by atoms with Crippen molar-refractivity contribution in [2.75, 3.05) is 5.73 Å². The van der Waals surface area contributed by atoms with Crippen molar-refractivity contribution in [3.05, 3.63) is 28.2 Å². The van der Waals surface area contributed by atoms with Crippen molar-refractivity contribution in [1.82, 2.24) is 5.32 Å². The van der Waals surface area contributed by atoms with Gasteiger partial charge in [0, 0.05) is 16.2 Å². The number of nitrogens with two attached hydrogens (primary N) is 1. The fourth-order valence-electron chi connectivity index (χ4n) is 1.14. The minimum Gasteiger partial charge on any atom is -0.398 e. The van der Waals surface area contributed by atoms with Crippen LogP contribution in [0, 0.1) is 0 Å². The molecule has 1 unspecified atom stereocenters. The van der Waals surface area contributed by atoms with Crippen LogP contribution in [0.1, 0.15) is 30.6 Å². The molecule has 0 saturated carbocycles. The summed E-state index contributed by atoms with van der Waals surface area (Å²) in [7, 11) is 0. The Kier molecular flexibility index (Phi) is 4.15. The number of carbonyl (C=O) groups excluding carboxylic acids is 1. The number of anilines is 1. The minimum atomic E-state index is -0.116. The topological polar surface area (TPSA) is 55.1 Å². The third-order valence-electron chi connectivity index (χ3n) is 2.25. The number of nitrogens with one attached hydrogen (secondary N) is 1. The van der Waals surface area contributed by atoms with Crippen LogP contribution in [0.5, 0.6) is 0 Å². The molecule has 15 heavy (non-hydrogen) atoms. The van der Waals surface area contributed by atoms with Crippen molar-refractivity contribution in [3.63, 3.8) is 0 Å². The van der Waals surface area contributed by atoms with Crippen molar-refractivity contribution in [3.8, 4) is 0 Å². The van der Waals surface area contributed by atoms with Gasteiger partial charge in [0.2, 0.25) is 0 Å². The van der Waals surface area contributed by atoms with Crippen LogP contribution in [0.4, 0.5) is 5.69 Å². The lowest BCUT2D eigenvalue weighted by atomic mass is 10.1. The van der Waals surface area contributed by atoms with E-state index >= 15 is 0 Å². The molecule has 3 N–H and O–H groups in total. The average Bonchev–Trinajstić information content (AvgIpc) is 2.17. The highest BCUT2D eigenvalue weighted by molar-refractivity contribution is 9.10. The van der Waals surface area contributed by atoms with E-state index < -0.39 is 0 Å². The van der Waals surface area contributed by atoms with E-state index in [1.54, 1.807) is 12.1 Å². The number of amides is 1. The molecular weight excluding hydrogens is 256 g/mol. The number of hydrogen-bond donors (Lipinski definition) is 2. The molecule has 0 fully saturated rings. The van der Waals surface area contributed by atoms with E-state index in [2.05, 4.69) is 21.2 Å². The van der Waals surface area contributed by atoms with Crippen molar-refractivity contribution >= 4 is 27.5 Å². The predicted octanol–water partition coefficient (Wildman–Crippen LogP) is 2.56. The largest absolute Gasteiger partial charge is 0.398 e. The fraction of sp³-hybridized carbons (Fsp3) is 0.364. The van der Waals surface area contributed by atoms with Crippen LogP contribution >= 0.6 is 15.9 Å². The van der Waals surface area contributed by atoms with Crippen LogP contribution in [0.25, 0.3) is 0 Å². The van der Waals surface area contributed by atoms with Gasteiger partial charge in [-0.3, -0.25) is 4.79 Å². The first-order valence-electron chi connectivity index (χ1n) is 4.90. The molecule has 0 radical (unpaired) electrons. The lowest BCUT2D eigenvalue weighted by Gasteiger charge is -2.12. The third kappa shape index (κ3) is 3.23. The second-order valence-electron chi connectivity index (χ2n) is 3.51. The third-order valence-corrected chi connectivity index (χ3v) is 2.74. The smallest absolute Gasteiger partial charge is 0.253 e. The van der Waals surface area contributed by atoms with Gasteiger partial charge in [-0.2, -0.15) is 0 Å². The van der Waals surface area contributed by atoms with Gasteiger partial charge in [0.05, 0.1) is 5.56 Å². The van der Waals surface area contributed by atoms with Crippen molar-refractivity contribution in [1.29, 1.82) is 0 Å². The second kappa shape index (κ2) is 5.16. The zero-order chi connectivity index (χ0) is 11.4. The fourth-order valence-corrected chi connectivity index (χ4v) is 1.52. The molecule has 1 aromatic rings. The highest BCUT2D eigenvalue weighted by Crippen LogP contribution is 2.18. The molecule has 1 atom stereocenters. The Labute approximate surface area is 98.2 Å². The van der Waals surface area contributed by atoms with Gasteiger partial charge < -0.3 is 11.1 Å². The van der Waals surface area contributed by atoms with Gasteiger partial charge in [-0.15, -0.1) is 0 Å². The zero-order valence-electron chi connectivity index (χ0n) is 8.88. The summed E-state index contributed by atoms with van der Waals surface area (Å²) < 4.78 is 0.875. The number of nitrogen functional groups attached to an aromatic ring is 1. The Bertz CT molecular complexity index is 366. The molecule has 0 aromatic heterocycles. The molecule has 0 bridgehead atoms. The van der Waals surface area contributed by atoms with Crippen LogP contribution in [-0.2, 0) is 0 Å². The molecule has 0 heterocycles. The Morgan fingerprint density at radius 1 is 1.60 bits per heavy atom. The standard InChI is InChI=1S/C11H15BrN2O/c1-3-7(2)14-11(15)9-5-4-8(12)6-10(9)13/h4-7H,3,13H2,1-2H3,(H,14,15). The lowest BCUT2D eigenvalue weighted by molar-refractivity contribution is 0.0940. The van der Waals surface area contributed by atoms with E-state index in [0.717, 1.165) is 10.9 Å². The van der Waals surface area contributed by atoms with Crippen LogP contribution < -0.4 is 11.1 Å². The predicted molar refractivity (Wildman–Crippen MR) is 65.8 cm³/mol. The molecule has 0 spiro atoms. The molecule has 1 aromatic carbocycles. The Morgan fingerprint density at radius 2 is 2.27 bits per heavy atom. The first-order valence-corrected chi connectivity index (χ1v) is 5.69. The van der Waals surface area contributed by atoms with E-state index in [1.165, 1.54) is 0 Å². The zero-order valence-corrected chi connectivity index (χ0v) is 10.5. The van der Waals surface area contributed by atoms with E-state index in [0.29, 0.717) is 11.3 Å². The maximum Gasteiger partial charge on any atom is 0.253 e. The van der Waals surface area contributed by atoms with Crippen molar-refractivity contribution in [2.24, 2.45) is 0 Å². The maximum absolute atomic E-state index is 11.7. The summed E-state index contributed by atoms with van der Waals surface area (Å²) in [6.45, 7) is 3.99. The van der Waals surface area contributed by atoms with Gasteiger partial charge in [-0.1, -0.05) is 22.9 Å². The van der Waals surface area contributed by atoms with Gasteiger partial charge >= 0.3 is 0 Å². The van der Waals surface area contributed by atoms with Gasteiger partial charge in [-0.25, -0.2) is 0 Å².